The summed E-state index contributed by atoms with van der Waals surface area (Å²) in [5.41, 5.74) is 21.9. The molecule has 0 radical (unpaired) electrons. The molecule has 0 fully saturated rings. The smallest absolute Gasteiger partial charge is 0.0713 e. The molecule has 1 aliphatic rings. The lowest BCUT2D eigenvalue weighted by Gasteiger charge is -2.34. The number of hydrogen-bond donors (Lipinski definition) is 0. The molecule has 0 bridgehead atoms. The van der Waals surface area contributed by atoms with Gasteiger partial charge in [0.15, 0.2) is 0 Å². The SMILES string of the molecule is c1ccc(-c2ccc(-c3cccc(-c4c(N(c5cc(-c6ccccc6)cc(-c6ccccc6)c5)c5ccc6c(c5)-c5ccccc5C6(c5ccccc5)c5ccccc5)c5ccccc5c5ccccc45)c3)cc2)cc1. The second kappa shape index (κ2) is 18.9. The minimum atomic E-state index is -0.536. The van der Waals surface area contributed by atoms with E-state index in [1.54, 1.807) is 0 Å². The summed E-state index contributed by atoms with van der Waals surface area (Å²) in [7, 11) is 0. The third kappa shape index (κ3) is 7.55. The second-order valence-corrected chi connectivity index (χ2v) is 19.9. The summed E-state index contributed by atoms with van der Waals surface area (Å²) in [4.78, 5) is 2.58. The summed E-state index contributed by atoms with van der Waals surface area (Å²) in [5.74, 6) is 0. The maximum absolute atomic E-state index is 2.58. The molecular formula is C75H51N. The Morgan fingerprint density at radius 2 is 0.632 bits per heavy atom. The molecule has 0 saturated carbocycles. The first kappa shape index (κ1) is 44.8. The number of benzene rings is 13. The lowest BCUT2D eigenvalue weighted by atomic mass is 9.68. The predicted octanol–water partition coefficient (Wildman–Crippen LogP) is 20.2. The van der Waals surface area contributed by atoms with Gasteiger partial charge in [0.25, 0.3) is 0 Å². The average Bonchev–Trinajstić information content (AvgIpc) is 3.86. The van der Waals surface area contributed by atoms with E-state index in [9.17, 15) is 0 Å². The van der Waals surface area contributed by atoms with Crippen molar-refractivity contribution in [3.8, 4) is 66.8 Å². The van der Waals surface area contributed by atoms with Crippen molar-refractivity contribution >= 4 is 38.6 Å². The highest BCUT2D eigenvalue weighted by Gasteiger charge is 2.46. The second-order valence-electron chi connectivity index (χ2n) is 19.9. The van der Waals surface area contributed by atoms with Crippen LogP contribution in [-0.2, 0) is 5.41 Å². The van der Waals surface area contributed by atoms with Crippen LogP contribution in [0.4, 0.5) is 17.1 Å². The van der Waals surface area contributed by atoms with Gasteiger partial charge in [0.05, 0.1) is 11.1 Å². The Balaban J connectivity index is 1.08. The maximum atomic E-state index is 2.58. The molecule has 0 N–H and O–H groups in total. The Kier molecular flexibility index (Phi) is 11.2. The average molecular weight is 966 g/mol. The molecule has 1 heteroatoms. The number of fused-ring (bicyclic) bond motifs is 6. The van der Waals surface area contributed by atoms with E-state index in [0.29, 0.717) is 0 Å². The molecule has 0 amide bonds. The van der Waals surface area contributed by atoms with E-state index in [1.807, 2.05) is 0 Å². The third-order valence-electron chi connectivity index (χ3n) is 15.7. The molecule has 0 aromatic heterocycles. The van der Waals surface area contributed by atoms with Gasteiger partial charge in [-0.1, -0.05) is 273 Å². The van der Waals surface area contributed by atoms with Gasteiger partial charge in [-0.2, -0.15) is 0 Å². The van der Waals surface area contributed by atoms with Crippen molar-refractivity contribution in [3.63, 3.8) is 0 Å². The van der Waals surface area contributed by atoms with E-state index in [-0.39, 0.29) is 0 Å². The lowest BCUT2D eigenvalue weighted by Crippen LogP contribution is -2.28. The number of rotatable bonds is 10. The molecule has 0 saturated heterocycles. The van der Waals surface area contributed by atoms with Crippen LogP contribution < -0.4 is 4.90 Å². The van der Waals surface area contributed by atoms with Crippen LogP contribution in [-0.4, -0.2) is 0 Å². The Bertz CT molecular complexity index is 4140. The van der Waals surface area contributed by atoms with Crippen LogP contribution >= 0.6 is 0 Å². The molecule has 13 aromatic carbocycles. The topological polar surface area (TPSA) is 3.24 Å². The number of anilines is 3. The van der Waals surface area contributed by atoms with E-state index in [0.717, 1.165) is 50.4 Å². The largest absolute Gasteiger partial charge is 0.309 e. The van der Waals surface area contributed by atoms with Gasteiger partial charge in [-0.3, -0.25) is 0 Å². The maximum Gasteiger partial charge on any atom is 0.0713 e. The molecule has 0 unspecified atom stereocenters. The van der Waals surface area contributed by atoms with E-state index in [1.165, 1.54) is 77.2 Å². The third-order valence-corrected chi connectivity index (χ3v) is 15.7. The normalized spacial score (nSPS) is 12.3. The van der Waals surface area contributed by atoms with Crippen LogP contribution in [0.25, 0.3) is 88.3 Å². The monoisotopic (exact) mass is 965 g/mol. The van der Waals surface area contributed by atoms with Gasteiger partial charge in [0.2, 0.25) is 0 Å². The molecule has 1 aliphatic carbocycles. The molecule has 0 heterocycles. The van der Waals surface area contributed by atoms with Crippen LogP contribution in [0.5, 0.6) is 0 Å². The molecule has 0 aliphatic heterocycles. The number of nitrogens with zero attached hydrogens (tertiary/aromatic N) is 1. The van der Waals surface area contributed by atoms with Crippen LogP contribution in [0.3, 0.4) is 0 Å². The van der Waals surface area contributed by atoms with Gasteiger partial charge in [0.1, 0.15) is 0 Å². The van der Waals surface area contributed by atoms with Crippen LogP contribution in [0, 0.1) is 0 Å². The Labute approximate surface area is 444 Å². The minimum Gasteiger partial charge on any atom is -0.309 e. The van der Waals surface area contributed by atoms with E-state index in [2.05, 4.69) is 314 Å². The fourth-order valence-electron chi connectivity index (χ4n) is 12.3. The van der Waals surface area contributed by atoms with Crippen molar-refractivity contribution < 1.29 is 0 Å². The summed E-state index contributed by atoms with van der Waals surface area (Å²) >= 11 is 0. The Hall–Kier alpha value is -9.82. The van der Waals surface area contributed by atoms with E-state index >= 15 is 0 Å². The number of hydrogen-bond acceptors (Lipinski definition) is 1. The van der Waals surface area contributed by atoms with Crippen molar-refractivity contribution in [2.45, 2.75) is 5.41 Å². The van der Waals surface area contributed by atoms with Gasteiger partial charge < -0.3 is 4.90 Å². The molecule has 0 spiro atoms. The van der Waals surface area contributed by atoms with Crippen molar-refractivity contribution in [2.75, 3.05) is 4.90 Å². The predicted molar refractivity (Wildman–Crippen MR) is 321 cm³/mol. The van der Waals surface area contributed by atoms with Crippen molar-refractivity contribution in [3.05, 3.63) is 332 Å². The van der Waals surface area contributed by atoms with Crippen LogP contribution in [0.1, 0.15) is 22.3 Å². The first-order valence-corrected chi connectivity index (χ1v) is 26.3. The Morgan fingerprint density at radius 3 is 1.22 bits per heavy atom. The molecule has 356 valence electrons. The molecule has 1 nitrogen and oxygen atoms in total. The fraction of sp³-hybridized carbons (Fsp3) is 0.0133. The van der Waals surface area contributed by atoms with Gasteiger partial charge in [0, 0.05) is 22.3 Å². The highest BCUT2D eigenvalue weighted by molar-refractivity contribution is 6.22. The summed E-state index contributed by atoms with van der Waals surface area (Å²) < 4.78 is 0. The van der Waals surface area contributed by atoms with Gasteiger partial charge >= 0.3 is 0 Å². The quantitative estimate of drug-likeness (QED) is 0.123. The van der Waals surface area contributed by atoms with E-state index < -0.39 is 5.41 Å². The molecule has 0 atom stereocenters. The molecule has 13 aromatic rings. The fourth-order valence-corrected chi connectivity index (χ4v) is 12.3. The highest BCUT2D eigenvalue weighted by Crippen LogP contribution is 2.58. The molecular weight excluding hydrogens is 915 g/mol. The van der Waals surface area contributed by atoms with Crippen molar-refractivity contribution in [1.82, 2.24) is 0 Å². The molecule has 76 heavy (non-hydrogen) atoms. The van der Waals surface area contributed by atoms with Crippen molar-refractivity contribution in [2.24, 2.45) is 0 Å². The zero-order chi connectivity index (χ0) is 50.4. The first-order chi connectivity index (χ1) is 37.7. The van der Waals surface area contributed by atoms with Crippen molar-refractivity contribution in [1.29, 1.82) is 0 Å². The summed E-state index contributed by atoms with van der Waals surface area (Å²) in [6.45, 7) is 0. The van der Waals surface area contributed by atoms with E-state index in [4.69, 9.17) is 0 Å². The zero-order valence-corrected chi connectivity index (χ0v) is 41.9. The minimum absolute atomic E-state index is 0.536. The van der Waals surface area contributed by atoms with Crippen LogP contribution in [0.2, 0.25) is 0 Å². The summed E-state index contributed by atoms with van der Waals surface area (Å²) in [6, 6.07) is 114. The van der Waals surface area contributed by atoms with Gasteiger partial charge in [-0.05, 0) is 136 Å². The van der Waals surface area contributed by atoms with Gasteiger partial charge in [-0.25, -0.2) is 0 Å². The highest BCUT2D eigenvalue weighted by atomic mass is 15.1. The zero-order valence-electron chi connectivity index (χ0n) is 41.9. The lowest BCUT2D eigenvalue weighted by molar-refractivity contribution is 0.768. The first-order valence-electron chi connectivity index (χ1n) is 26.3. The standard InChI is InChI=1S/C75H51N/c1-6-23-52(24-7-1)55-41-43-56(44-42-55)57-29-22-30-58(47-57)73-68-38-18-16-35-65(68)66-36-17-19-39-69(66)74(73)76(64-49-59(53-25-8-2-9-26-53)48-60(50-64)54-27-10-3-11-28-54)63-45-46-72-70(51-63)67-37-20-21-40-71(67)75(72,61-31-12-4-13-32-61)62-33-14-5-15-34-62/h1-51H. The summed E-state index contributed by atoms with van der Waals surface area (Å²) in [6.07, 6.45) is 0. The van der Waals surface area contributed by atoms with Gasteiger partial charge in [-0.15, -0.1) is 0 Å². The Morgan fingerprint density at radius 1 is 0.224 bits per heavy atom. The summed E-state index contributed by atoms with van der Waals surface area (Å²) in [5, 5.41) is 4.79. The van der Waals surface area contributed by atoms with Crippen LogP contribution in [0.15, 0.2) is 309 Å². The molecule has 14 rings (SSSR count).